The topological polar surface area (TPSA) is 75.2 Å². The molecule has 4 rings (SSSR count). The number of amides is 2. The average molecular weight is 457 g/mol. The fourth-order valence-corrected chi connectivity index (χ4v) is 4.94. The number of hydrogen-bond donors (Lipinski definition) is 1. The molecule has 0 fully saturated rings. The average Bonchev–Trinajstić information content (AvgIpc) is 3.31. The van der Waals surface area contributed by atoms with Gasteiger partial charge in [0.05, 0.1) is 31.7 Å². The molecule has 0 aliphatic carbocycles. The lowest BCUT2D eigenvalue weighted by molar-refractivity contribution is 0.0831. The molecule has 2 amide bonds. The minimum absolute atomic E-state index is 0.142. The summed E-state index contributed by atoms with van der Waals surface area (Å²) in [5.74, 6) is -0.452. The van der Waals surface area contributed by atoms with E-state index in [0.717, 1.165) is 21.6 Å². The smallest absolute Gasteiger partial charge is 0.265 e. The number of benzene rings is 1. The van der Waals surface area contributed by atoms with Gasteiger partial charge in [0.15, 0.2) is 5.13 Å². The monoisotopic (exact) mass is 456 g/mol. The van der Waals surface area contributed by atoms with E-state index < -0.39 is 0 Å². The van der Waals surface area contributed by atoms with Gasteiger partial charge < -0.3 is 4.90 Å². The lowest BCUT2D eigenvalue weighted by Gasteiger charge is -2.09. The number of hydrogen-bond acceptors (Lipinski definition) is 6. The summed E-state index contributed by atoms with van der Waals surface area (Å²) in [6.45, 7) is 1.75. The lowest BCUT2D eigenvalue weighted by atomic mass is 10.1. The molecule has 0 unspecified atom stereocenters. The van der Waals surface area contributed by atoms with E-state index >= 15 is 0 Å². The maximum Gasteiger partial charge on any atom is 0.265 e. The van der Waals surface area contributed by atoms with E-state index in [0.29, 0.717) is 36.8 Å². The number of pyridine rings is 1. The maximum absolute atomic E-state index is 13.2. The molecule has 9 heteroatoms. The van der Waals surface area contributed by atoms with Gasteiger partial charge in [-0.05, 0) is 31.2 Å². The van der Waals surface area contributed by atoms with Crippen molar-refractivity contribution in [3.05, 3.63) is 62.9 Å². The molecule has 0 saturated carbocycles. The highest BCUT2D eigenvalue weighted by atomic mass is 35.5. The highest BCUT2D eigenvalue weighted by Gasteiger charge is 2.20. The summed E-state index contributed by atoms with van der Waals surface area (Å²) in [4.78, 5) is 37.3. The molecule has 3 heterocycles. The van der Waals surface area contributed by atoms with Crippen LogP contribution in [0.25, 0.3) is 21.5 Å². The second kappa shape index (κ2) is 8.14. The van der Waals surface area contributed by atoms with Gasteiger partial charge >= 0.3 is 0 Å². The van der Waals surface area contributed by atoms with E-state index in [9.17, 15) is 9.59 Å². The molecule has 3 aromatic heterocycles. The summed E-state index contributed by atoms with van der Waals surface area (Å²) in [6, 6.07) is 12.9. The van der Waals surface area contributed by atoms with E-state index in [1.165, 1.54) is 16.2 Å². The fourth-order valence-electron chi connectivity index (χ4n) is 2.96. The number of carbonyl (C=O) groups excluding carboxylic acids is 2. The van der Waals surface area contributed by atoms with Gasteiger partial charge in [-0.15, -0.1) is 11.3 Å². The second-order valence-electron chi connectivity index (χ2n) is 6.76. The predicted octanol–water partition coefficient (Wildman–Crippen LogP) is 5.34. The SMILES string of the molecule is Cc1nc(NC(=O)c2cc(-c3ccc(Cl)s3)nc3ccccc23)sc1C(=O)N(C)C. The molecule has 0 aliphatic heterocycles. The Morgan fingerprint density at radius 2 is 1.83 bits per heavy atom. The summed E-state index contributed by atoms with van der Waals surface area (Å²) in [6.07, 6.45) is 0. The van der Waals surface area contributed by atoms with Crippen LogP contribution in [0.1, 0.15) is 25.7 Å². The van der Waals surface area contributed by atoms with E-state index in [4.69, 9.17) is 11.6 Å². The van der Waals surface area contributed by atoms with Crippen LogP contribution in [0.4, 0.5) is 5.13 Å². The van der Waals surface area contributed by atoms with Crippen LogP contribution >= 0.6 is 34.3 Å². The number of nitrogens with zero attached hydrogens (tertiary/aromatic N) is 3. The van der Waals surface area contributed by atoms with Crippen LogP contribution < -0.4 is 5.32 Å². The molecule has 1 N–H and O–H groups in total. The third kappa shape index (κ3) is 3.94. The van der Waals surface area contributed by atoms with Crippen molar-refractivity contribution in [2.24, 2.45) is 0 Å². The van der Waals surface area contributed by atoms with Crippen molar-refractivity contribution >= 4 is 62.1 Å². The van der Waals surface area contributed by atoms with Crippen molar-refractivity contribution in [2.75, 3.05) is 19.4 Å². The first-order valence-corrected chi connectivity index (χ1v) is 11.0. The van der Waals surface area contributed by atoms with Crippen LogP contribution in [0.5, 0.6) is 0 Å². The number of fused-ring (bicyclic) bond motifs is 1. The number of rotatable bonds is 4. The molecule has 0 atom stereocenters. The number of aromatic nitrogens is 2. The Hall–Kier alpha value is -2.81. The standard InChI is InChI=1S/C21H17ClN4O2S2/c1-11-18(20(28)26(2)3)30-21(23-11)25-19(27)13-10-15(16-8-9-17(22)29-16)24-14-7-5-4-6-12(13)14/h4-10H,1-3H3,(H,23,25,27). The molecule has 4 aromatic rings. The van der Waals surface area contributed by atoms with Crippen molar-refractivity contribution in [2.45, 2.75) is 6.92 Å². The van der Waals surface area contributed by atoms with Gasteiger partial charge in [0.1, 0.15) is 4.88 Å². The number of thiophene rings is 1. The van der Waals surface area contributed by atoms with Crippen LogP contribution in [0, 0.1) is 6.92 Å². The quantitative estimate of drug-likeness (QED) is 0.450. The Morgan fingerprint density at radius 3 is 2.53 bits per heavy atom. The Morgan fingerprint density at radius 1 is 1.07 bits per heavy atom. The van der Waals surface area contributed by atoms with Crippen molar-refractivity contribution in [3.8, 4) is 10.6 Å². The number of carbonyl (C=O) groups is 2. The predicted molar refractivity (Wildman–Crippen MR) is 123 cm³/mol. The first-order valence-electron chi connectivity index (χ1n) is 8.99. The molecule has 0 bridgehead atoms. The number of thiazole rings is 1. The highest BCUT2D eigenvalue weighted by molar-refractivity contribution is 7.19. The number of para-hydroxylation sites is 1. The van der Waals surface area contributed by atoms with Crippen LogP contribution in [-0.2, 0) is 0 Å². The molecular formula is C21H17ClN4O2S2. The van der Waals surface area contributed by atoms with Gasteiger partial charge in [-0.1, -0.05) is 41.1 Å². The summed E-state index contributed by atoms with van der Waals surface area (Å²) >= 11 is 8.64. The first kappa shape index (κ1) is 20.5. The zero-order chi connectivity index (χ0) is 21.4. The van der Waals surface area contributed by atoms with Crippen LogP contribution in [0.3, 0.4) is 0 Å². The number of aryl methyl sites for hydroxylation is 1. The zero-order valence-electron chi connectivity index (χ0n) is 16.4. The zero-order valence-corrected chi connectivity index (χ0v) is 18.8. The van der Waals surface area contributed by atoms with Crippen LogP contribution in [0.15, 0.2) is 42.5 Å². The molecule has 1 aromatic carbocycles. The summed E-state index contributed by atoms with van der Waals surface area (Å²) < 4.78 is 0.655. The highest BCUT2D eigenvalue weighted by Crippen LogP contribution is 2.33. The van der Waals surface area contributed by atoms with Crippen molar-refractivity contribution in [1.29, 1.82) is 0 Å². The molecule has 0 radical (unpaired) electrons. The minimum atomic E-state index is -0.310. The third-order valence-electron chi connectivity index (χ3n) is 4.40. The van der Waals surface area contributed by atoms with Gasteiger partial charge in [-0.25, -0.2) is 9.97 Å². The maximum atomic E-state index is 13.2. The Kier molecular flexibility index (Phi) is 5.55. The van der Waals surface area contributed by atoms with E-state index in [-0.39, 0.29) is 11.8 Å². The van der Waals surface area contributed by atoms with E-state index in [1.807, 2.05) is 30.3 Å². The summed E-state index contributed by atoms with van der Waals surface area (Å²) in [5.41, 5.74) is 2.45. The van der Waals surface area contributed by atoms with Gasteiger partial charge in [-0.2, -0.15) is 0 Å². The molecule has 0 spiro atoms. The minimum Gasteiger partial charge on any atom is -0.344 e. The Bertz CT molecular complexity index is 1280. The van der Waals surface area contributed by atoms with Gasteiger partial charge in [0.2, 0.25) is 0 Å². The van der Waals surface area contributed by atoms with E-state index in [2.05, 4.69) is 15.3 Å². The van der Waals surface area contributed by atoms with Crippen LogP contribution in [0.2, 0.25) is 4.34 Å². The normalized spacial score (nSPS) is 10.9. The third-order valence-corrected chi connectivity index (χ3v) is 6.72. The van der Waals surface area contributed by atoms with Gasteiger partial charge in [0, 0.05) is 19.5 Å². The molecule has 0 saturated heterocycles. The van der Waals surface area contributed by atoms with Gasteiger partial charge in [0.25, 0.3) is 11.8 Å². The molecular weight excluding hydrogens is 440 g/mol. The first-order chi connectivity index (χ1) is 14.3. The lowest BCUT2D eigenvalue weighted by Crippen LogP contribution is -2.21. The molecule has 6 nitrogen and oxygen atoms in total. The van der Waals surface area contributed by atoms with Crippen molar-refractivity contribution in [3.63, 3.8) is 0 Å². The van der Waals surface area contributed by atoms with Crippen molar-refractivity contribution < 1.29 is 9.59 Å². The second-order valence-corrected chi connectivity index (χ2v) is 9.48. The number of halogens is 1. The van der Waals surface area contributed by atoms with E-state index in [1.54, 1.807) is 33.2 Å². The largest absolute Gasteiger partial charge is 0.344 e. The summed E-state index contributed by atoms with van der Waals surface area (Å²) in [7, 11) is 3.36. The molecule has 0 aliphatic rings. The van der Waals surface area contributed by atoms with Crippen molar-refractivity contribution in [1.82, 2.24) is 14.9 Å². The summed E-state index contributed by atoms with van der Waals surface area (Å²) in [5, 5.41) is 3.95. The molecule has 30 heavy (non-hydrogen) atoms. The van der Waals surface area contributed by atoms with Crippen LogP contribution in [-0.4, -0.2) is 40.8 Å². The Balaban J connectivity index is 1.73. The number of nitrogens with one attached hydrogen (secondary N) is 1. The number of anilines is 1. The molecule has 152 valence electrons. The fraction of sp³-hybridized carbons (Fsp3) is 0.143. The Labute approximate surface area is 186 Å². The van der Waals surface area contributed by atoms with Gasteiger partial charge in [-0.3, -0.25) is 14.9 Å².